The van der Waals surface area contributed by atoms with E-state index in [4.69, 9.17) is 11.6 Å². The Morgan fingerprint density at radius 1 is 1.44 bits per heavy atom. The largest absolute Gasteiger partial charge is 0.315 e. The molecule has 0 atom stereocenters. The van der Waals surface area contributed by atoms with Gasteiger partial charge in [0.1, 0.15) is 5.82 Å². The van der Waals surface area contributed by atoms with Gasteiger partial charge in [-0.15, -0.1) is 0 Å². The van der Waals surface area contributed by atoms with E-state index < -0.39 is 0 Å². The zero-order valence-corrected chi connectivity index (χ0v) is 10.2. The Bertz CT molecular complexity index is 498. The molecule has 0 radical (unpaired) electrons. The average Bonchev–Trinajstić information content (AvgIpc) is 2.67. The second-order valence-corrected chi connectivity index (χ2v) is 4.63. The predicted octanol–water partition coefficient (Wildman–Crippen LogP) is 3.32. The SMILES string of the molecule is CNCc1cc(-c2ccc(F)cc2Cl)ns1. The molecular weight excluding hydrogens is 247 g/mol. The van der Waals surface area contributed by atoms with Crippen LogP contribution in [0.25, 0.3) is 11.3 Å². The molecule has 0 aliphatic rings. The predicted molar refractivity (Wildman–Crippen MR) is 65.3 cm³/mol. The minimum Gasteiger partial charge on any atom is -0.315 e. The van der Waals surface area contributed by atoms with Crippen molar-refractivity contribution < 1.29 is 4.39 Å². The van der Waals surface area contributed by atoms with Gasteiger partial charge in [0.05, 0.1) is 10.7 Å². The summed E-state index contributed by atoms with van der Waals surface area (Å²) < 4.78 is 17.2. The second-order valence-electron chi connectivity index (χ2n) is 3.33. The molecule has 0 aliphatic carbocycles. The molecule has 0 saturated heterocycles. The molecule has 84 valence electrons. The fourth-order valence-corrected chi connectivity index (χ4v) is 2.40. The van der Waals surface area contributed by atoms with E-state index in [2.05, 4.69) is 9.69 Å². The van der Waals surface area contributed by atoms with E-state index in [9.17, 15) is 4.39 Å². The van der Waals surface area contributed by atoms with Crippen molar-refractivity contribution in [2.24, 2.45) is 0 Å². The van der Waals surface area contributed by atoms with Crippen LogP contribution >= 0.6 is 23.1 Å². The third-order valence-electron chi connectivity index (χ3n) is 2.12. The Morgan fingerprint density at radius 3 is 2.94 bits per heavy atom. The standard InChI is InChI=1S/C11H10ClFN2S/c1-14-6-8-5-11(15-16-8)9-3-2-7(13)4-10(9)12/h2-5,14H,6H2,1H3. The van der Waals surface area contributed by atoms with E-state index in [0.717, 1.165) is 22.7 Å². The van der Waals surface area contributed by atoms with Crippen molar-refractivity contribution >= 4 is 23.1 Å². The maximum atomic E-state index is 12.9. The molecule has 2 nitrogen and oxygen atoms in total. The first-order valence-electron chi connectivity index (χ1n) is 4.76. The Balaban J connectivity index is 2.35. The monoisotopic (exact) mass is 256 g/mol. The van der Waals surface area contributed by atoms with Crippen molar-refractivity contribution in [2.75, 3.05) is 7.05 Å². The maximum absolute atomic E-state index is 12.9. The first kappa shape index (κ1) is 11.5. The van der Waals surface area contributed by atoms with E-state index in [1.165, 1.54) is 23.7 Å². The van der Waals surface area contributed by atoms with Gasteiger partial charge in [0, 0.05) is 17.0 Å². The summed E-state index contributed by atoms with van der Waals surface area (Å²) in [5, 5.41) is 3.44. The normalized spacial score (nSPS) is 10.7. The number of hydrogen-bond acceptors (Lipinski definition) is 3. The number of nitrogens with one attached hydrogen (secondary N) is 1. The minimum atomic E-state index is -0.334. The fraction of sp³-hybridized carbons (Fsp3) is 0.182. The molecule has 0 spiro atoms. The molecule has 0 aliphatic heterocycles. The molecule has 0 amide bonds. The van der Waals surface area contributed by atoms with Crippen LogP contribution in [0.15, 0.2) is 24.3 Å². The minimum absolute atomic E-state index is 0.334. The quantitative estimate of drug-likeness (QED) is 0.911. The Morgan fingerprint density at radius 2 is 2.25 bits per heavy atom. The van der Waals surface area contributed by atoms with Crippen LogP contribution in [0.5, 0.6) is 0 Å². The molecule has 16 heavy (non-hydrogen) atoms. The fourth-order valence-electron chi connectivity index (χ4n) is 1.39. The first-order chi connectivity index (χ1) is 7.70. The zero-order chi connectivity index (χ0) is 11.5. The van der Waals surface area contributed by atoms with Crippen LogP contribution < -0.4 is 5.32 Å². The lowest BCUT2D eigenvalue weighted by Crippen LogP contribution is -2.02. The van der Waals surface area contributed by atoms with Gasteiger partial charge >= 0.3 is 0 Å². The highest BCUT2D eigenvalue weighted by atomic mass is 35.5. The zero-order valence-electron chi connectivity index (χ0n) is 8.63. The van der Waals surface area contributed by atoms with Gasteiger partial charge in [0.2, 0.25) is 0 Å². The molecule has 0 saturated carbocycles. The van der Waals surface area contributed by atoms with Crippen LogP contribution in [-0.4, -0.2) is 11.4 Å². The summed E-state index contributed by atoms with van der Waals surface area (Å²) in [6.07, 6.45) is 0. The smallest absolute Gasteiger partial charge is 0.124 e. The van der Waals surface area contributed by atoms with E-state index >= 15 is 0 Å². The van der Waals surface area contributed by atoms with Crippen LogP contribution in [0.3, 0.4) is 0 Å². The van der Waals surface area contributed by atoms with Crippen molar-refractivity contribution in [3.8, 4) is 11.3 Å². The van der Waals surface area contributed by atoms with Gasteiger partial charge in [-0.2, -0.15) is 4.37 Å². The van der Waals surface area contributed by atoms with Gasteiger partial charge in [-0.3, -0.25) is 0 Å². The summed E-state index contributed by atoms with van der Waals surface area (Å²) in [5.74, 6) is -0.334. The molecule has 1 aromatic carbocycles. The molecule has 0 fully saturated rings. The number of halogens is 2. The molecule has 0 bridgehead atoms. The number of hydrogen-bond donors (Lipinski definition) is 1. The molecule has 5 heteroatoms. The van der Waals surface area contributed by atoms with Gasteiger partial charge in [-0.05, 0) is 42.8 Å². The molecule has 2 aromatic rings. The topological polar surface area (TPSA) is 24.9 Å². The Labute approximate surface area is 102 Å². The number of nitrogens with zero attached hydrogens (tertiary/aromatic N) is 1. The number of benzene rings is 1. The van der Waals surface area contributed by atoms with Crippen LogP contribution in [0.2, 0.25) is 5.02 Å². The van der Waals surface area contributed by atoms with Crippen LogP contribution in [0, 0.1) is 5.82 Å². The van der Waals surface area contributed by atoms with Gasteiger partial charge in [-0.1, -0.05) is 11.6 Å². The molecule has 0 unspecified atom stereocenters. The van der Waals surface area contributed by atoms with Crippen molar-refractivity contribution in [1.29, 1.82) is 0 Å². The van der Waals surface area contributed by atoms with Crippen LogP contribution in [0.4, 0.5) is 4.39 Å². The van der Waals surface area contributed by atoms with E-state index in [-0.39, 0.29) is 5.82 Å². The van der Waals surface area contributed by atoms with Gasteiger partial charge in [-0.25, -0.2) is 4.39 Å². The van der Waals surface area contributed by atoms with Crippen LogP contribution in [0.1, 0.15) is 4.88 Å². The summed E-state index contributed by atoms with van der Waals surface area (Å²) in [5.41, 5.74) is 1.56. The summed E-state index contributed by atoms with van der Waals surface area (Å²) in [6, 6.07) is 6.29. The molecular formula is C11H10ClFN2S. The van der Waals surface area contributed by atoms with E-state index in [1.54, 1.807) is 6.07 Å². The highest BCUT2D eigenvalue weighted by Crippen LogP contribution is 2.29. The van der Waals surface area contributed by atoms with Crippen LogP contribution in [-0.2, 0) is 6.54 Å². The third-order valence-corrected chi connectivity index (χ3v) is 3.21. The highest BCUT2D eigenvalue weighted by Gasteiger charge is 2.08. The Hall–Kier alpha value is -0.970. The lowest BCUT2D eigenvalue weighted by atomic mass is 10.1. The number of aromatic nitrogens is 1. The van der Waals surface area contributed by atoms with Crippen molar-refractivity contribution in [3.05, 3.63) is 40.0 Å². The Kier molecular flexibility index (Phi) is 3.53. The lowest BCUT2D eigenvalue weighted by molar-refractivity contribution is 0.628. The van der Waals surface area contributed by atoms with Crippen molar-refractivity contribution in [3.63, 3.8) is 0 Å². The summed E-state index contributed by atoms with van der Waals surface area (Å²) in [7, 11) is 1.88. The van der Waals surface area contributed by atoms with Gasteiger partial charge in [0.25, 0.3) is 0 Å². The average molecular weight is 257 g/mol. The van der Waals surface area contributed by atoms with Crippen molar-refractivity contribution in [1.82, 2.24) is 9.69 Å². The first-order valence-corrected chi connectivity index (χ1v) is 5.91. The molecule has 1 aromatic heterocycles. The van der Waals surface area contributed by atoms with Gasteiger partial charge < -0.3 is 5.32 Å². The summed E-state index contributed by atoms with van der Waals surface area (Å²) in [6.45, 7) is 0.774. The molecule has 1 N–H and O–H groups in total. The lowest BCUT2D eigenvalue weighted by Gasteiger charge is -1.99. The number of rotatable bonds is 3. The summed E-state index contributed by atoms with van der Waals surface area (Å²) in [4.78, 5) is 1.12. The summed E-state index contributed by atoms with van der Waals surface area (Å²) >= 11 is 7.38. The van der Waals surface area contributed by atoms with Gasteiger partial charge in [0.15, 0.2) is 0 Å². The van der Waals surface area contributed by atoms with E-state index in [0.29, 0.717) is 5.02 Å². The van der Waals surface area contributed by atoms with E-state index in [1.807, 2.05) is 13.1 Å². The molecule has 2 rings (SSSR count). The molecule has 1 heterocycles. The third kappa shape index (κ3) is 2.40. The maximum Gasteiger partial charge on any atom is 0.124 e. The second kappa shape index (κ2) is 4.91. The highest BCUT2D eigenvalue weighted by molar-refractivity contribution is 7.06. The van der Waals surface area contributed by atoms with Crippen molar-refractivity contribution in [2.45, 2.75) is 6.54 Å².